The molecule has 0 amide bonds. The highest BCUT2D eigenvalue weighted by Gasteiger charge is 2.06. The van der Waals surface area contributed by atoms with Crippen LogP contribution in [0.1, 0.15) is 36.6 Å². The van der Waals surface area contributed by atoms with Crippen LogP contribution < -0.4 is 5.73 Å². The van der Waals surface area contributed by atoms with Gasteiger partial charge < -0.3 is 5.73 Å². The van der Waals surface area contributed by atoms with Gasteiger partial charge in [0.1, 0.15) is 0 Å². The molecule has 0 aliphatic rings. The minimum absolute atomic E-state index is 0.241. The fourth-order valence-corrected chi connectivity index (χ4v) is 2.06. The van der Waals surface area contributed by atoms with Gasteiger partial charge in [-0.25, -0.2) is 4.98 Å². The van der Waals surface area contributed by atoms with Crippen LogP contribution in [-0.2, 0) is 6.42 Å². The summed E-state index contributed by atoms with van der Waals surface area (Å²) in [6.07, 6.45) is 2.90. The molecule has 1 aromatic rings. The van der Waals surface area contributed by atoms with Gasteiger partial charge in [0, 0.05) is 23.0 Å². The molecule has 0 radical (unpaired) electrons. The summed E-state index contributed by atoms with van der Waals surface area (Å²) < 4.78 is 0. The molecule has 0 fully saturated rings. The molecule has 0 aromatic carbocycles. The van der Waals surface area contributed by atoms with Gasteiger partial charge in [0.25, 0.3) is 0 Å². The summed E-state index contributed by atoms with van der Waals surface area (Å²) in [5.41, 5.74) is 5.69. The van der Waals surface area contributed by atoms with Crippen molar-refractivity contribution in [1.82, 2.24) is 4.98 Å². The highest BCUT2D eigenvalue weighted by Crippen LogP contribution is 2.21. The SMILES string of the molecule is CC(N)Cc1cnc(C(C)C)s1. The Kier molecular flexibility index (Phi) is 3.23. The van der Waals surface area contributed by atoms with Gasteiger partial charge in [-0.05, 0) is 13.3 Å². The maximum absolute atomic E-state index is 5.69. The van der Waals surface area contributed by atoms with Gasteiger partial charge in [-0.1, -0.05) is 13.8 Å². The predicted molar refractivity (Wildman–Crippen MR) is 53.6 cm³/mol. The third kappa shape index (κ3) is 2.57. The van der Waals surface area contributed by atoms with Crippen LogP contribution >= 0.6 is 11.3 Å². The lowest BCUT2D eigenvalue weighted by molar-refractivity contribution is 0.745. The standard InChI is InChI=1S/C9H16N2S/c1-6(2)9-11-5-8(12-9)4-7(3)10/h5-7H,4,10H2,1-3H3. The Hall–Kier alpha value is -0.410. The summed E-state index contributed by atoms with van der Waals surface area (Å²) in [6, 6.07) is 0.241. The Morgan fingerprint density at radius 2 is 2.17 bits per heavy atom. The quantitative estimate of drug-likeness (QED) is 0.781. The summed E-state index contributed by atoms with van der Waals surface area (Å²) in [7, 11) is 0. The number of hydrogen-bond acceptors (Lipinski definition) is 3. The van der Waals surface area contributed by atoms with Gasteiger partial charge >= 0.3 is 0 Å². The lowest BCUT2D eigenvalue weighted by Gasteiger charge is -2.00. The van der Waals surface area contributed by atoms with Crippen LogP contribution in [0.25, 0.3) is 0 Å². The first-order valence-electron chi connectivity index (χ1n) is 4.29. The third-order valence-corrected chi connectivity index (χ3v) is 2.91. The van der Waals surface area contributed by atoms with Crippen molar-refractivity contribution in [3.05, 3.63) is 16.1 Å². The van der Waals surface area contributed by atoms with Crippen LogP contribution in [0.15, 0.2) is 6.20 Å². The van der Waals surface area contributed by atoms with E-state index in [9.17, 15) is 0 Å². The van der Waals surface area contributed by atoms with Gasteiger partial charge in [0.2, 0.25) is 0 Å². The number of nitrogens with zero attached hydrogens (tertiary/aromatic N) is 1. The summed E-state index contributed by atoms with van der Waals surface area (Å²) in [5, 5.41) is 1.21. The van der Waals surface area contributed by atoms with Crippen molar-refractivity contribution in [2.75, 3.05) is 0 Å². The molecule has 0 aliphatic carbocycles. The van der Waals surface area contributed by atoms with Crippen molar-refractivity contribution < 1.29 is 0 Å². The summed E-state index contributed by atoms with van der Waals surface area (Å²) in [4.78, 5) is 5.63. The molecule has 2 nitrogen and oxygen atoms in total. The average Bonchev–Trinajstić information content (AvgIpc) is 2.34. The highest BCUT2D eigenvalue weighted by atomic mass is 32.1. The molecule has 2 N–H and O–H groups in total. The molecule has 0 bridgehead atoms. The molecule has 0 saturated carbocycles. The molecular weight excluding hydrogens is 168 g/mol. The number of rotatable bonds is 3. The molecule has 3 heteroatoms. The number of hydrogen-bond donors (Lipinski definition) is 1. The van der Waals surface area contributed by atoms with E-state index in [0.29, 0.717) is 5.92 Å². The summed E-state index contributed by atoms with van der Waals surface area (Å²) >= 11 is 1.78. The molecule has 0 aliphatic heterocycles. The molecule has 1 heterocycles. The number of thiazole rings is 1. The summed E-state index contributed by atoms with van der Waals surface area (Å²) in [6.45, 7) is 6.34. The Morgan fingerprint density at radius 3 is 2.58 bits per heavy atom. The molecule has 0 spiro atoms. The molecule has 68 valence electrons. The van der Waals surface area contributed by atoms with Crippen molar-refractivity contribution in [3.8, 4) is 0 Å². The smallest absolute Gasteiger partial charge is 0.0953 e. The van der Waals surface area contributed by atoms with E-state index in [4.69, 9.17) is 5.73 Å². The van der Waals surface area contributed by atoms with Crippen LogP contribution in [0, 0.1) is 0 Å². The zero-order chi connectivity index (χ0) is 9.14. The molecule has 1 atom stereocenters. The fraction of sp³-hybridized carbons (Fsp3) is 0.667. The van der Waals surface area contributed by atoms with E-state index >= 15 is 0 Å². The number of nitrogens with two attached hydrogens (primary N) is 1. The van der Waals surface area contributed by atoms with E-state index in [1.165, 1.54) is 9.88 Å². The number of aromatic nitrogens is 1. The van der Waals surface area contributed by atoms with E-state index in [1.54, 1.807) is 11.3 Å². The van der Waals surface area contributed by atoms with Crippen LogP contribution in [0.3, 0.4) is 0 Å². The van der Waals surface area contributed by atoms with Crippen LogP contribution in [0.4, 0.5) is 0 Å². The monoisotopic (exact) mass is 184 g/mol. The normalized spacial score (nSPS) is 13.8. The van der Waals surface area contributed by atoms with Crippen molar-refractivity contribution in [1.29, 1.82) is 0 Å². The fourth-order valence-electron chi connectivity index (χ4n) is 1.00. The maximum atomic E-state index is 5.69. The second-order valence-electron chi connectivity index (χ2n) is 3.50. The predicted octanol–water partition coefficient (Wildman–Crippen LogP) is 2.16. The van der Waals surface area contributed by atoms with Crippen molar-refractivity contribution in [3.63, 3.8) is 0 Å². The maximum Gasteiger partial charge on any atom is 0.0953 e. The Morgan fingerprint density at radius 1 is 1.50 bits per heavy atom. The van der Waals surface area contributed by atoms with Gasteiger partial charge in [0.05, 0.1) is 5.01 Å². The van der Waals surface area contributed by atoms with E-state index in [-0.39, 0.29) is 6.04 Å². The lowest BCUT2D eigenvalue weighted by atomic mass is 10.2. The van der Waals surface area contributed by atoms with Gasteiger partial charge in [-0.2, -0.15) is 0 Å². The first kappa shape index (κ1) is 9.68. The van der Waals surface area contributed by atoms with Crippen molar-refractivity contribution in [2.45, 2.75) is 39.2 Å². The average molecular weight is 184 g/mol. The minimum atomic E-state index is 0.241. The second kappa shape index (κ2) is 4.01. The first-order valence-corrected chi connectivity index (χ1v) is 5.11. The van der Waals surface area contributed by atoms with Gasteiger partial charge in [-0.15, -0.1) is 11.3 Å². The van der Waals surface area contributed by atoms with Gasteiger partial charge in [-0.3, -0.25) is 0 Å². The topological polar surface area (TPSA) is 38.9 Å². The molecular formula is C9H16N2S. The molecule has 1 unspecified atom stereocenters. The Bertz CT molecular complexity index is 240. The van der Waals surface area contributed by atoms with Crippen molar-refractivity contribution >= 4 is 11.3 Å². The zero-order valence-electron chi connectivity index (χ0n) is 7.87. The first-order chi connectivity index (χ1) is 5.59. The van der Waals surface area contributed by atoms with Crippen LogP contribution in [0.5, 0.6) is 0 Å². The van der Waals surface area contributed by atoms with E-state index < -0.39 is 0 Å². The van der Waals surface area contributed by atoms with E-state index in [2.05, 4.69) is 18.8 Å². The Labute approximate surface area is 77.8 Å². The van der Waals surface area contributed by atoms with Gasteiger partial charge in [0.15, 0.2) is 0 Å². The van der Waals surface area contributed by atoms with E-state index in [0.717, 1.165) is 6.42 Å². The van der Waals surface area contributed by atoms with E-state index in [1.807, 2.05) is 13.1 Å². The lowest BCUT2D eigenvalue weighted by Crippen LogP contribution is -2.16. The second-order valence-corrected chi connectivity index (χ2v) is 4.65. The summed E-state index contributed by atoms with van der Waals surface area (Å²) in [5.74, 6) is 0.539. The molecule has 12 heavy (non-hydrogen) atoms. The van der Waals surface area contributed by atoms with Crippen LogP contribution in [0.2, 0.25) is 0 Å². The largest absolute Gasteiger partial charge is 0.328 e. The van der Waals surface area contributed by atoms with Crippen molar-refractivity contribution in [2.24, 2.45) is 5.73 Å². The van der Waals surface area contributed by atoms with Crippen LogP contribution in [-0.4, -0.2) is 11.0 Å². The third-order valence-electron chi connectivity index (χ3n) is 1.59. The zero-order valence-corrected chi connectivity index (χ0v) is 8.69. The molecule has 1 rings (SSSR count). The highest BCUT2D eigenvalue weighted by molar-refractivity contribution is 7.11. The Balaban J connectivity index is 2.64. The minimum Gasteiger partial charge on any atom is -0.328 e. The molecule has 1 aromatic heterocycles. The molecule has 0 saturated heterocycles.